The summed E-state index contributed by atoms with van der Waals surface area (Å²) in [4.78, 5) is 11.0. The summed E-state index contributed by atoms with van der Waals surface area (Å²) in [5.41, 5.74) is 3.79. The van der Waals surface area contributed by atoms with E-state index in [0.29, 0.717) is 12.5 Å². The van der Waals surface area contributed by atoms with Gasteiger partial charge in [0, 0.05) is 0 Å². The lowest BCUT2D eigenvalue weighted by Gasteiger charge is -2.20. The summed E-state index contributed by atoms with van der Waals surface area (Å²) in [6.07, 6.45) is 3.57. The number of hydrogen-bond acceptors (Lipinski definition) is 2. The maximum Gasteiger partial charge on any atom is 0.303 e. The zero-order valence-corrected chi connectivity index (χ0v) is 10.4. The normalized spacial score (nSPS) is 20.2. The van der Waals surface area contributed by atoms with Gasteiger partial charge in [0.05, 0.1) is 19.6 Å². The summed E-state index contributed by atoms with van der Waals surface area (Å²) >= 11 is 0. The average molecular weight is 246 g/mol. The van der Waals surface area contributed by atoms with Gasteiger partial charge >= 0.3 is 5.97 Å². The largest absolute Gasteiger partial charge is 0.481 e. The van der Waals surface area contributed by atoms with Crippen LogP contribution in [0.4, 0.5) is 0 Å². The van der Waals surface area contributed by atoms with Crippen LogP contribution in [0.25, 0.3) is 0 Å². The molecule has 1 fully saturated rings. The molecule has 1 aliphatic heterocycles. The van der Waals surface area contributed by atoms with Crippen molar-refractivity contribution in [3.8, 4) is 0 Å². The van der Waals surface area contributed by atoms with Crippen LogP contribution in [0.2, 0.25) is 0 Å². The Morgan fingerprint density at radius 3 is 2.94 bits per heavy atom. The first-order valence-corrected chi connectivity index (χ1v) is 6.65. The smallest absolute Gasteiger partial charge is 0.303 e. The maximum atomic E-state index is 11.0. The lowest BCUT2D eigenvalue weighted by atomic mass is 9.88. The Morgan fingerprint density at radius 2 is 2.22 bits per heavy atom. The van der Waals surface area contributed by atoms with Crippen LogP contribution in [0, 0.1) is 5.92 Å². The van der Waals surface area contributed by atoms with Crippen LogP contribution < -0.4 is 0 Å². The van der Waals surface area contributed by atoms with E-state index in [2.05, 4.69) is 18.2 Å². The number of carbonyl (C=O) groups is 1. The van der Waals surface area contributed by atoms with Crippen LogP contribution in [0.15, 0.2) is 18.2 Å². The molecule has 2 aliphatic rings. The van der Waals surface area contributed by atoms with Gasteiger partial charge in [0.15, 0.2) is 0 Å². The van der Waals surface area contributed by atoms with Gasteiger partial charge in [-0.05, 0) is 47.8 Å². The summed E-state index contributed by atoms with van der Waals surface area (Å²) in [5, 5.41) is 9.04. The van der Waals surface area contributed by atoms with Crippen molar-refractivity contribution >= 4 is 5.97 Å². The minimum Gasteiger partial charge on any atom is -0.481 e. The van der Waals surface area contributed by atoms with Gasteiger partial charge in [-0.1, -0.05) is 18.2 Å². The molecule has 3 nitrogen and oxygen atoms in total. The molecule has 1 heterocycles. The Balaban J connectivity index is 1.87. The van der Waals surface area contributed by atoms with Gasteiger partial charge in [-0.2, -0.15) is 0 Å². The average Bonchev–Trinajstić information content (AvgIpc) is 3.19. The van der Waals surface area contributed by atoms with E-state index < -0.39 is 5.97 Å². The Bertz CT molecular complexity index is 463. The lowest BCUT2D eigenvalue weighted by molar-refractivity contribution is -0.137. The molecule has 96 valence electrons. The molecule has 0 aromatic heterocycles. The van der Waals surface area contributed by atoms with Gasteiger partial charge < -0.3 is 9.84 Å². The zero-order valence-electron chi connectivity index (χ0n) is 10.4. The first kappa shape index (κ1) is 11.7. The van der Waals surface area contributed by atoms with Crippen molar-refractivity contribution in [2.75, 3.05) is 6.61 Å². The number of hydrogen-bond donors (Lipinski definition) is 1. The van der Waals surface area contributed by atoms with E-state index in [4.69, 9.17) is 9.84 Å². The van der Waals surface area contributed by atoms with Crippen LogP contribution in [0.5, 0.6) is 0 Å². The number of ether oxygens (including phenoxy) is 1. The van der Waals surface area contributed by atoms with Crippen LogP contribution in [0.1, 0.15) is 41.9 Å². The van der Waals surface area contributed by atoms with Crippen LogP contribution >= 0.6 is 0 Å². The highest BCUT2D eigenvalue weighted by atomic mass is 16.5. The monoisotopic (exact) mass is 246 g/mol. The molecular weight excluding hydrogens is 228 g/mol. The van der Waals surface area contributed by atoms with Crippen LogP contribution in [0.3, 0.4) is 0 Å². The molecule has 3 heteroatoms. The number of carboxylic acid groups (broad SMARTS) is 1. The fourth-order valence-corrected chi connectivity index (χ4v) is 2.86. The Hall–Kier alpha value is -1.35. The third-order valence-corrected chi connectivity index (χ3v) is 4.02. The lowest BCUT2D eigenvalue weighted by Crippen LogP contribution is -2.13. The van der Waals surface area contributed by atoms with Gasteiger partial charge in [-0.3, -0.25) is 4.79 Å². The highest BCUT2D eigenvalue weighted by molar-refractivity contribution is 5.68. The number of carboxylic acids is 1. The third-order valence-electron chi connectivity index (χ3n) is 4.02. The fraction of sp³-hybridized carbons (Fsp3) is 0.533. The molecule has 1 N–H and O–H groups in total. The van der Waals surface area contributed by atoms with Crippen molar-refractivity contribution in [1.29, 1.82) is 0 Å². The van der Waals surface area contributed by atoms with Crippen LogP contribution in [-0.4, -0.2) is 17.7 Å². The van der Waals surface area contributed by atoms with E-state index in [1.807, 2.05) is 0 Å². The van der Waals surface area contributed by atoms with Crippen molar-refractivity contribution in [1.82, 2.24) is 0 Å². The van der Waals surface area contributed by atoms with Gasteiger partial charge in [0.2, 0.25) is 0 Å². The van der Waals surface area contributed by atoms with Crippen molar-refractivity contribution in [3.63, 3.8) is 0 Å². The summed E-state index contributed by atoms with van der Waals surface area (Å²) in [5.74, 6) is 0.0688. The Labute approximate surface area is 107 Å². The highest BCUT2D eigenvalue weighted by Gasteiger charge is 2.34. The SMILES string of the molecule is O=C(O)CC(c1ccc2c(c1)COCC2)C1CC1. The second-order valence-electron chi connectivity index (χ2n) is 5.37. The van der Waals surface area contributed by atoms with Gasteiger partial charge in [-0.25, -0.2) is 0 Å². The second-order valence-corrected chi connectivity index (χ2v) is 5.37. The molecule has 1 saturated carbocycles. The van der Waals surface area contributed by atoms with Crippen LogP contribution in [-0.2, 0) is 22.6 Å². The predicted molar refractivity (Wildman–Crippen MR) is 67.5 cm³/mol. The van der Waals surface area contributed by atoms with Crippen molar-refractivity contribution in [3.05, 3.63) is 34.9 Å². The first-order valence-electron chi connectivity index (χ1n) is 6.65. The van der Waals surface area contributed by atoms with Gasteiger partial charge in [-0.15, -0.1) is 0 Å². The number of fused-ring (bicyclic) bond motifs is 1. The summed E-state index contributed by atoms with van der Waals surface area (Å²) in [7, 11) is 0. The molecule has 1 aliphatic carbocycles. The van der Waals surface area contributed by atoms with E-state index in [1.54, 1.807) is 0 Å². The first-order chi connectivity index (χ1) is 8.74. The Kier molecular flexibility index (Phi) is 3.08. The van der Waals surface area contributed by atoms with Crippen molar-refractivity contribution in [2.24, 2.45) is 5.92 Å². The van der Waals surface area contributed by atoms with Crippen molar-refractivity contribution in [2.45, 2.75) is 38.2 Å². The van der Waals surface area contributed by atoms with Gasteiger partial charge in [0.1, 0.15) is 0 Å². The number of aliphatic carboxylic acids is 1. The summed E-state index contributed by atoms with van der Waals surface area (Å²) in [6, 6.07) is 6.45. The predicted octanol–water partition coefficient (Wildman–Crippen LogP) is 2.73. The third kappa shape index (κ3) is 2.41. The molecule has 1 unspecified atom stereocenters. The maximum absolute atomic E-state index is 11.0. The molecular formula is C15H18O3. The van der Waals surface area contributed by atoms with E-state index in [0.717, 1.165) is 13.0 Å². The topological polar surface area (TPSA) is 46.5 Å². The molecule has 1 aromatic rings. The summed E-state index contributed by atoms with van der Waals surface area (Å²) < 4.78 is 5.47. The summed E-state index contributed by atoms with van der Waals surface area (Å²) in [6.45, 7) is 1.47. The molecule has 0 amide bonds. The molecule has 18 heavy (non-hydrogen) atoms. The zero-order chi connectivity index (χ0) is 12.5. The molecule has 0 bridgehead atoms. The standard InChI is InChI=1S/C15H18O3/c16-15(17)8-14(11-2-3-11)12-4-1-10-5-6-18-9-13(10)7-12/h1,4,7,11,14H,2-3,5-6,8-9H2,(H,16,17). The molecule has 3 rings (SSSR count). The fourth-order valence-electron chi connectivity index (χ4n) is 2.86. The number of benzene rings is 1. The quantitative estimate of drug-likeness (QED) is 0.888. The Morgan fingerprint density at radius 1 is 1.39 bits per heavy atom. The molecule has 0 spiro atoms. The van der Waals surface area contributed by atoms with E-state index in [1.165, 1.54) is 29.5 Å². The van der Waals surface area contributed by atoms with Crippen molar-refractivity contribution < 1.29 is 14.6 Å². The number of rotatable bonds is 4. The minimum atomic E-state index is -0.694. The molecule has 1 aromatic carbocycles. The molecule has 0 saturated heterocycles. The van der Waals surface area contributed by atoms with E-state index in [-0.39, 0.29) is 12.3 Å². The molecule has 1 atom stereocenters. The van der Waals surface area contributed by atoms with E-state index >= 15 is 0 Å². The van der Waals surface area contributed by atoms with E-state index in [9.17, 15) is 4.79 Å². The van der Waals surface area contributed by atoms with Gasteiger partial charge in [0.25, 0.3) is 0 Å². The highest BCUT2D eigenvalue weighted by Crippen LogP contribution is 2.44. The molecule has 0 radical (unpaired) electrons. The second kappa shape index (κ2) is 4.73. The minimum absolute atomic E-state index is 0.190.